The average molecular weight is 353 g/mol. The largest absolute Gasteiger partial charge is 0.492 e. The van der Waals surface area contributed by atoms with Crippen LogP contribution in [0.1, 0.15) is 12.6 Å². The summed E-state index contributed by atoms with van der Waals surface area (Å²) in [6, 6.07) is 5.06. The number of carboxylic acid groups (broad SMARTS) is 1. The zero-order valence-corrected chi connectivity index (χ0v) is 12.9. The number of hydrogen-bond acceptors (Lipinski definition) is 4. The molecule has 0 saturated carbocycles. The molecule has 0 amide bonds. The van der Waals surface area contributed by atoms with E-state index in [2.05, 4.69) is 27.6 Å². The van der Waals surface area contributed by atoms with Gasteiger partial charge in [-0.3, -0.25) is 9.59 Å². The van der Waals surface area contributed by atoms with Crippen LogP contribution in [0.3, 0.4) is 0 Å². The molecule has 0 aliphatic rings. The zero-order chi connectivity index (χ0) is 15.6. The van der Waals surface area contributed by atoms with Crippen molar-refractivity contribution in [2.75, 3.05) is 6.61 Å². The van der Waals surface area contributed by atoms with Gasteiger partial charge < -0.3 is 9.84 Å². The number of rotatable bonds is 5. The number of aliphatic carboxylic acids is 1. The fraction of sp³-hybridized carbons (Fsp3) is 0.214. The van der Waals surface area contributed by atoms with Crippen LogP contribution in [-0.4, -0.2) is 27.5 Å². The van der Waals surface area contributed by atoms with Gasteiger partial charge in [-0.05, 0) is 25.1 Å². The van der Waals surface area contributed by atoms with Gasteiger partial charge in [0.05, 0.1) is 12.0 Å². The molecule has 0 bridgehead atoms. The number of hydrogen-bond donors (Lipinski definition) is 1. The van der Waals surface area contributed by atoms with Crippen molar-refractivity contribution in [2.24, 2.45) is 0 Å². The Kier molecular flexibility index (Phi) is 4.42. The first-order valence-electron chi connectivity index (χ1n) is 6.18. The molecule has 0 unspecified atom stereocenters. The number of halogens is 1. The van der Waals surface area contributed by atoms with Crippen LogP contribution in [0, 0.1) is 0 Å². The predicted octanol–water partition coefficient (Wildman–Crippen LogP) is 2.25. The third-order valence-electron chi connectivity index (χ3n) is 2.79. The Hall–Kier alpha value is -2.15. The van der Waals surface area contributed by atoms with E-state index in [0.717, 1.165) is 9.15 Å². The number of nitrogens with zero attached hydrogens (tertiary/aromatic N) is 2. The molecule has 0 fully saturated rings. The van der Waals surface area contributed by atoms with Gasteiger partial charge in [0.2, 0.25) is 0 Å². The van der Waals surface area contributed by atoms with E-state index in [0.29, 0.717) is 28.8 Å². The second kappa shape index (κ2) is 6.09. The average Bonchev–Trinajstić information content (AvgIpc) is 2.41. The molecule has 0 atom stereocenters. The smallest absolute Gasteiger partial charge is 0.325 e. The Bertz CT molecular complexity index is 782. The van der Waals surface area contributed by atoms with Crippen molar-refractivity contribution < 1.29 is 14.6 Å². The summed E-state index contributed by atoms with van der Waals surface area (Å²) in [7, 11) is 0. The molecular formula is C14H13BrN2O4. The lowest BCUT2D eigenvalue weighted by Gasteiger charge is -2.12. The first-order valence-corrected chi connectivity index (χ1v) is 6.97. The maximum atomic E-state index is 12.3. The Balaban J connectivity index is 2.77. The van der Waals surface area contributed by atoms with Crippen molar-refractivity contribution >= 4 is 38.4 Å². The molecule has 1 heterocycles. The number of fused-ring (bicyclic) bond motifs is 1. The summed E-state index contributed by atoms with van der Waals surface area (Å²) < 4.78 is 7.02. The van der Waals surface area contributed by atoms with Gasteiger partial charge in [0.15, 0.2) is 0 Å². The lowest BCUT2D eigenvalue weighted by atomic mass is 10.1. The van der Waals surface area contributed by atoms with Crippen LogP contribution in [0.25, 0.3) is 16.5 Å². The molecule has 0 aliphatic heterocycles. The van der Waals surface area contributed by atoms with E-state index in [4.69, 9.17) is 9.84 Å². The second-order valence-corrected chi connectivity index (χ2v) is 5.17. The molecule has 2 rings (SSSR count). The highest BCUT2D eigenvalue weighted by Gasteiger charge is 2.15. The zero-order valence-electron chi connectivity index (χ0n) is 11.3. The maximum Gasteiger partial charge on any atom is 0.325 e. The Morgan fingerprint density at radius 3 is 2.81 bits per heavy atom. The van der Waals surface area contributed by atoms with Crippen LogP contribution in [0.2, 0.25) is 0 Å². The summed E-state index contributed by atoms with van der Waals surface area (Å²) in [5.74, 6) is -0.853. The summed E-state index contributed by atoms with van der Waals surface area (Å²) in [6.07, 6.45) is 0. The van der Waals surface area contributed by atoms with E-state index >= 15 is 0 Å². The van der Waals surface area contributed by atoms with Crippen LogP contribution in [0.15, 0.2) is 34.0 Å². The van der Waals surface area contributed by atoms with Gasteiger partial charge in [-0.25, -0.2) is 4.68 Å². The molecule has 6 nitrogen and oxygen atoms in total. The molecule has 21 heavy (non-hydrogen) atoms. The molecule has 1 aromatic heterocycles. The Labute approximate surface area is 128 Å². The lowest BCUT2D eigenvalue weighted by Crippen LogP contribution is -2.28. The van der Waals surface area contributed by atoms with Gasteiger partial charge in [0.1, 0.15) is 18.0 Å². The van der Waals surface area contributed by atoms with Crippen LogP contribution >= 0.6 is 15.9 Å². The Morgan fingerprint density at radius 2 is 2.19 bits per heavy atom. The van der Waals surface area contributed by atoms with E-state index < -0.39 is 18.1 Å². The minimum absolute atomic E-state index is 0.291. The highest BCUT2D eigenvalue weighted by molar-refractivity contribution is 9.10. The van der Waals surface area contributed by atoms with E-state index in [9.17, 15) is 9.59 Å². The fourth-order valence-electron chi connectivity index (χ4n) is 1.94. The van der Waals surface area contributed by atoms with Crippen molar-refractivity contribution in [2.45, 2.75) is 13.5 Å². The van der Waals surface area contributed by atoms with Crippen LogP contribution in [-0.2, 0) is 16.1 Å². The van der Waals surface area contributed by atoms with Gasteiger partial charge in [0, 0.05) is 9.86 Å². The lowest BCUT2D eigenvalue weighted by molar-refractivity contribution is -0.138. The van der Waals surface area contributed by atoms with Crippen molar-refractivity contribution in [3.63, 3.8) is 0 Å². The van der Waals surface area contributed by atoms with Gasteiger partial charge >= 0.3 is 5.97 Å². The number of benzene rings is 1. The van der Waals surface area contributed by atoms with E-state index in [-0.39, 0.29) is 0 Å². The minimum Gasteiger partial charge on any atom is -0.492 e. The molecular weight excluding hydrogens is 340 g/mol. The third-order valence-corrected chi connectivity index (χ3v) is 3.28. The van der Waals surface area contributed by atoms with E-state index in [1.807, 2.05) is 0 Å². The molecule has 0 saturated heterocycles. The summed E-state index contributed by atoms with van der Waals surface area (Å²) in [5, 5.41) is 13.9. The topological polar surface area (TPSA) is 81.4 Å². The van der Waals surface area contributed by atoms with Crippen molar-refractivity contribution in [3.8, 4) is 0 Å². The molecule has 1 aromatic carbocycles. The SMILES string of the molecule is C=C(OCC)c1nn(CC(=O)O)c(=O)c2ccc(Br)cc12. The van der Waals surface area contributed by atoms with Crippen LogP contribution in [0.4, 0.5) is 0 Å². The summed E-state index contributed by atoms with van der Waals surface area (Å²) >= 11 is 3.34. The quantitative estimate of drug-likeness (QED) is 0.834. The second-order valence-electron chi connectivity index (χ2n) is 4.25. The standard InChI is InChI=1S/C14H13BrN2O4/c1-3-21-8(2)13-11-6-9(15)4-5-10(11)14(20)17(16-13)7-12(18)19/h4-6H,2-3,7H2,1H3,(H,18,19). The van der Waals surface area contributed by atoms with Gasteiger partial charge in [-0.2, -0.15) is 5.10 Å². The first-order chi connectivity index (χ1) is 9.93. The van der Waals surface area contributed by atoms with Crippen LogP contribution < -0.4 is 5.56 Å². The van der Waals surface area contributed by atoms with Gasteiger partial charge in [-0.1, -0.05) is 22.5 Å². The molecule has 0 spiro atoms. The molecule has 2 aromatic rings. The minimum atomic E-state index is -1.14. The summed E-state index contributed by atoms with van der Waals surface area (Å²) in [6.45, 7) is 5.46. The molecule has 1 N–H and O–H groups in total. The third kappa shape index (κ3) is 3.13. The van der Waals surface area contributed by atoms with Crippen molar-refractivity contribution in [1.82, 2.24) is 9.78 Å². The van der Waals surface area contributed by atoms with Gasteiger partial charge in [0.25, 0.3) is 5.56 Å². The molecule has 0 aliphatic carbocycles. The number of carboxylic acids is 1. The van der Waals surface area contributed by atoms with Gasteiger partial charge in [-0.15, -0.1) is 0 Å². The number of carbonyl (C=O) groups is 1. The summed E-state index contributed by atoms with van der Waals surface area (Å²) in [5.41, 5.74) is -0.109. The van der Waals surface area contributed by atoms with Crippen LogP contribution in [0.5, 0.6) is 0 Å². The fourth-order valence-corrected chi connectivity index (χ4v) is 2.30. The highest BCUT2D eigenvalue weighted by Crippen LogP contribution is 2.24. The van der Waals surface area contributed by atoms with E-state index in [1.54, 1.807) is 25.1 Å². The van der Waals surface area contributed by atoms with E-state index in [1.165, 1.54) is 0 Å². The normalized spacial score (nSPS) is 10.6. The molecule has 110 valence electrons. The van der Waals surface area contributed by atoms with Crippen molar-refractivity contribution in [3.05, 3.63) is 45.3 Å². The number of aromatic nitrogens is 2. The highest BCUT2D eigenvalue weighted by atomic mass is 79.9. The first kappa shape index (κ1) is 15.2. The monoisotopic (exact) mass is 352 g/mol. The van der Waals surface area contributed by atoms with Crippen molar-refractivity contribution in [1.29, 1.82) is 0 Å². The Morgan fingerprint density at radius 1 is 1.48 bits per heavy atom. The summed E-state index contributed by atoms with van der Waals surface area (Å²) in [4.78, 5) is 23.1. The maximum absolute atomic E-state index is 12.3. The number of ether oxygens (including phenoxy) is 1. The molecule has 7 heteroatoms. The molecule has 0 radical (unpaired) electrons. The predicted molar refractivity (Wildman–Crippen MR) is 82.0 cm³/mol.